The fourth-order valence-corrected chi connectivity index (χ4v) is 2.18. The van der Waals surface area contributed by atoms with Crippen molar-refractivity contribution in [3.8, 4) is 0 Å². The van der Waals surface area contributed by atoms with Crippen molar-refractivity contribution in [3.05, 3.63) is 22.3 Å². The molecule has 0 spiro atoms. The predicted molar refractivity (Wildman–Crippen MR) is 84.1 cm³/mol. The maximum atomic E-state index is 12.7. The molecule has 1 rings (SSSR count). The smallest absolute Gasteiger partial charge is 0.257 e. The summed E-state index contributed by atoms with van der Waals surface area (Å²) in [5.74, 6) is 0.575. The van der Waals surface area contributed by atoms with Crippen LogP contribution in [0.3, 0.4) is 0 Å². The first-order valence-electron chi connectivity index (χ1n) is 6.70. The zero-order chi connectivity index (χ0) is 15.1. The molecule has 0 aliphatic heterocycles. The number of anilines is 1. The van der Waals surface area contributed by atoms with Gasteiger partial charge in [0.25, 0.3) is 5.91 Å². The van der Waals surface area contributed by atoms with E-state index >= 15 is 0 Å². The third-order valence-electron chi connectivity index (χ3n) is 2.85. The highest BCUT2D eigenvalue weighted by molar-refractivity contribution is 9.10. The third-order valence-corrected chi connectivity index (χ3v) is 3.28. The molecule has 0 aliphatic carbocycles. The van der Waals surface area contributed by atoms with E-state index in [1.165, 1.54) is 0 Å². The number of ether oxygens (including phenoxy) is 1. The molecule has 0 aliphatic rings. The van der Waals surface area contributed by atoms with E-state index < -0.39 is 0 Å². The molecule has 0 saturated heterocycles. The molecule has 1 heterocycles. The number of halogens is 1. The summed E-state index contributed by atoms with van der Waals surface area (Å²) < 4.78 is 5.87. The van der Waals surface area contributed by atoms with Crippen LogP contribution in [0.2, 0.25) is 0 Å². The van der Waals surface area contributed by atoms with Gasteiger partial charge < -0.3 is 15.0 Å². The average molecular weight is 344 g/mol. The van der Waals surface area contributed by atoms with Gasteiger partial charge in [0, 0.05) is 36.9 Å². The van der Waals surface area contributed by atoms with Crippen molar-refractivity contribution >= 4 is 27.7 Å². The standard InChI is InChI=1S/C14H22BrN3O2/c1-5-16-13-12(8-11(15)9-17-13)14(19)18(10(2)3)6-7-20-4/h8-10H,5-7H2,1-4H3,(H,16,17). The second-order valence-electron chi connectivity index (χ2n) is 4.67. The molecular formula is C14H22BrN3O2. The first-order chi connectivity index (χ1) is 9.51. The Kier molecular flexibility index (Phi) is 6.95. The minimum Gasteiger partial charge on any atom is -0.383 e. The van der Waals surface area contributed by atoms with Gasteiger partial charge in [0.2, 0.25) is 0 Å². The number of nitrogens with one attached hydrogen (secondary N) is 1. The summed E-state index contributed by atoms with van der Waals surface area (Å²) in [4.78, 5) is 18.8. The van der Waals surface area contributed by atoms with Crippen molar-refractivity contribution in [2.75, 3.05) is 32.1 Å². The zero-order valence-corrected chi connectivity index (χ0v) is 14.0. The van der Waals surface area contributed by atoms with Crippen LogP contribution in [-0.2, 0) is 4.74 Å². The lowest BCUT2D eigenvalue weighted by Gasteiger charge is -2.27. The first-order valence-corrected chi connectivity index (χ1v) is 7.49. The van der Waals surface area contributed by atoms with Crippen LogP contribution >= 0.6 is 15.9 Å². The van der Waals surface area contributed by atoms with Gasteiger partial charge in [-0.1, -0.05) is 0 Å². The monoisotopic (exact) mass is 343 g/mol. The molecule has 112 valence electrons. The van der Waals surface area contributed by atoms with Crippen molar-refractivity contribution in [2.45, 2.75) is 26.8 Å². The highest BCUT2D eigenvalue weighted by Gasteiger charge is 2.22. The average Bonchev–Trinajstić information content (AvgIpc) is 2.41. The van der Waals surface area contributed by atoms with Crippen LogP contribution in [0.4, 0.5) is 5.82 Å². The van der Waals surface area contributed by atoms with Crippen LogP contribution in [0.25, 0.3) is 0 Å². The number of hydrogen-bond acceptors (Lipinski definition) is 4. The number of amides is 1. The maximum Gasteiger partial charge on any atom is 0.257 e. The number of aromatic nitrogens is 1. The molecule has 1 amide bonds. The van der Waals surface area contributed by atoms with E-state index in [1.54, 1.807) is 24.3 Å². The third kappa shape index (κ3) is 4.45. The summed E-state index contributed by atoms with van der Waals surface area (Å²) in [6, 6.07) is 1.90. The molecule has 5 nitrogen and oxygen atoms in total. The lowest BCUT2D eigenvalue weighted by molar-refractivity contribution is 0.0635. The molecule has 20 heavy (non-hydrogen) atoms. The largest absolute Gasteiger partial charge is 0.383 e. The van der Waals surface area contributed by atoms with E-state index in [1.807, 2.05) is 20.8 Å². The van der Waals surface area contributed by atoms with Gasteiger partial charge in [-0.15, -0.1) is 0 Å². The van der Waals surface area contributed by atoms with Crippen molar-refractivity contribution in [3.63, 3.8) is 0 Å². The van der Waals surface area contributed by atoms with Gasteiger partial charge in [0.1, 0.15) is 5.82 Å². The number of nitrogens with zero attached hydrogens (tertiary/aromatic N) is 2. The summed E-state index contributed by atoms with van der Waals surface area (Å²) in [5, 5.41) is 3.12. The summed E-state index contributed by atoms with van der Waals surface area (Å²) in [5.41, 5.74) is 0.575. The van der Waals surface area contributed by atoms with Gasteiger partial charge >= 0.3 is 0 Å². The minimum absolute atomic E-state index is 0.0400. The lowest BCUT2D eigenvalue weighted by Crippen LogP contribution is -2.39. The quantitative estimate of drug-likeness (QED) is 0.826. The Bertz CT molecular complexity index is 452. The minimum atomic E-state index is -0.0400. The van der Waals surface area contributed by atoms with E-state index in [0.29, 0.717) is 31.1 Å². The fraction of sp³-hybridized carbons (Fsp3) is 0.571. The molecule has 0 bridgehead atoms. The van der Waals surface area contributed by atoms with Gasteiger partial charge in [0.05, 0.1) is 12.2 Å². The van der Waals surface area contributed by atoms with Gasteiger partial charge in [-0.3, -0.25) is 4.79 Å². The van der Waals surface area contributed by atoms with E-state index in [2.05, 4.69) is 26.2 Å². The molecule has 1 aromatic heterocycles. The molecule has 0 radical (unpaired) electrons. The Morgan fingerprint density at radius 3 is 2.80 bits per heavy atom. The van der Waals surface area contributed by atoms with Crippen LogP contribution in [0.1, 0.15) is 31.1 Å². The normalized spacial score (nSPS) is 10.7. The molecule has 0 aromatic carbocycles. The predicted octanol–water partition coefficient (Wildman–Crippen LogP) is 2.77. The molecule has 1 N–H and O–H groups in total. The van der Waals surface area contributed by atoms with E-state index in [0.717, 1.165) is 4.47 Å². The Morgan fingerprint density at radius 1 is 1.55 bits per heavy atom. The highest BCUT2D eigenvalue weighted by Crippen LogP contribution is 2.20. The lowest BCUT2D eigenvalue weighted by atomic mass is 10.2. The molecule has 0 fully saturated rings. The second kappa shape index (κ2) is 8.21. The Morgan fingerprint density at radius 2 is 2.25 bits per heavy atom. The number of methoxy groups -OCH3 is 1. The number of hydrogen-bond donors (Lipinski definition) is 1. The van der Waals surface area contributed by atoms with Gasteiger partial charge in [0.15, 0.2) is 0 Å². The SMILES string of the molecule is CCNc1ncc(Br)cc1C(=O)N(CCOC)C(C)C. The highest BCUT2D eigenvalue weighted by atomic mass is 79.9. The summed E-state index contributed by atoms with van der Waals surface area (Å²) in [7, 11) is 1.63. The number of carbonyl (C=O) groups excluding carboxylic acids is 1. The molecule has 0 unspecified atom stereocenters. The Balaban J connectivity index is 3.06. The summed E-state index contributed by atoms with van der Waals surface area (Å²) >= 11 is 3.37. The Hall–Kier alpha value is -1.14. The number of carbonyl (C=O) groups is 1. The molecule has 0 saturated carbocycles. The van der Waals surface area contributed by atoms with E-state index in [4.69, 9.17) is 4.74 Å². The number of rotatable bonds is 7. The molecular weight excluding hydrogens is 322 g/mol. The number of pyridine rings is 1. The van der Waals surface area contributed by atoms with Crippen molar-refractivity contribution in [1.29, 1.82) is 0 Å². The van der Waals surface area contributed by atoms with Gasteiger partial charge in [-0.2, -0.15) is 0 Å². The van der Waals surface area contributed by atoms with Crippen LogP contribution in [-0.4, -0.2) is 48.6 Å². The molecule has 1 aromatic rings. The van der Waals surface area contributed by atoms with E-state index in [9.17, 15) is 4.79 Å². The first kappa shape index (κ1) is 16.9. The summed E-state index contributed by atoms with van der Waals surface area (Å²) in [6.07, 6.45) is 1.68. The van der Waals surface area contributed by atoms with Crippen molar-refractivity contribution < 1.29 is 9.53 Å². The van der Waals surface area contributed by atoms with Crippen LogP contribution in [0.5, 0.6) is 0 Å². The molecule has 0 atom stereocenters. The molecule has 6 heteroatoms. The maximum absolute atomic E-state index is 12.7. The van der Waals surface area contributed by atoms with Gasteiger partial charge in [-0.25, -0.2) is 4.98 Å². The van der Waals surface area contributed by atoms with Crippen LogP contribution in [0.15, 0.2) is 16.7 Å². The fourth-order valence-electron chi connectivity index (χ4n) is 1.85. The van der Waals surface area contributed by atoms with Crippen LogP contribution < -0.4 is 5.32 Å². The van der Waals surface area contributed by atoms with Crippen molar-refractivity contribution in [2.24, 2.45) is 0 Å². The second-order valence-corrected chi connectivity index (χ2v) is 5.58. The zero-order valence-electron chi connectivity index (χ0n) is 12.4. The Labute approximate surface area is 128 Å². The van der Waals surface area contributed by atoms with E-state index in [-0.39, 0.29) is 11.9 Å². The van der Waals surface area contributed by atoms with Crippen molar-refractivity contribution in [1.82, 2.24) is 9.88 Å². The summed E-state index contributed by atoms with van der Waals surface area (Å²) in [6.45, 7) is 7.75. The van der Waals surface area contributed by atoms with Crippen LogP contribution in [0, 0.1) is 0 Å². The topological polar surface area (TPSA) is 54.5 Å². The van der Waals surface area contributed by atoms with Gasteiger partial charge in [-0.05, 0) is 42.8 Å².